The Morgan fingerprint density at radius 3 is 2.22 bits per heavy atom. The lowest BCUT2D eigenvalue weighted by Crippen LogP contribution is -2.65. The standard InChI is InChI=1S/C35H46O19/c1-15-25(41)27(43)29(45)35(51-15)54-32-30(46)34(48-10-9-17-3-6-18(36)20(38)11-17)52-23(14-50-33-28(44)26(42)21(39)13-49-33)31(32)53-24(40)8-5-16-4-7-19(37)22(12-16)47-2/h3-8,11-12,15,21,23,25-39,41-46H,9-10,13-14H2,1-2H3/t15-,21-,23+,25-,26+,27+,28-,29-,30+,31+,32+,33+,34+,35-/m0/s1. The Kier molecular flexibility index (Phi) is 14.1. The Morgan fingerprint density at radius 1 is 0.778 bits per heavy atom. The molecule has 19 heteroatoms. The summed E-state index contributed by atoms with van der Waals surface area (Å²) in [6, 6.07) is 8.39. The number of benzene rings is 2. The van der Waals surface area contributed by atoms with Gasteiger partial charge in [0.05, 0.1) is 33.0 Å². The van der Waals surface area contributed by atoms with Crippen molar-refractivity contribution in [1.29, 1.82) is 0 Å². The predicted molar refractivity (Wildman–Crippen MR) is 179 cm³/mol. The Morgan fingerprint density at radius 2 is 1.50 bits per heavy atom. The molecule has 5 rings (SSSR count). The van der Waals surface area contributed by atoms with E-state index in [1.807, 2.05) is 0 Å². The Bertz CT molecular complexity index is 1570. The average Bonchev–Trinajstić information content (AvgIpc) is 3.15. The van der Waals surface area contributed by atoms with Crippen molar-refractivity contribution in [3.8, 4) is 23.0 Å². The summed E-state index contributed by atoms with van der Waals surface area (Å²) in [4.78, 5) is 13.3. The first-order chi connectivity index (χ1) is 25.7. The van der Waals surface area contributed by atoms with Gasteiger partial charge in [0.25, 0.3) is 0 Å². The molecule has 300 valence electrons. The van der Waals surface area contributed by atoms with Gasteiger partial charge in [0.2, 0.25) is 0 Å². The minimum Gasteiger partial charge on any atom is -0.504 e. The van der Waals surface area contributed by atoms with Crippen LogP contribution in [-0.4, -0.2) is 170 Å². The summed E-state index contributed by atoms with van der Waals surface area (Å²) in [6.07, 6.45) is -19.6. The summed E-state index contributed by atoms with van der Waals surface area (Å²) >= 11 is 0. The average molecular weight is 771 g/mol. The van der Waals surface area contributed by atoms with E-state index >= 15 is 0 Å². The summed E-state index contributed by atoms with van der Waals surface area (Å²) in [5, 5.41) is 103. The maximum atomic E-state index is 13.3. The molecule has 0 amide bonds. The van der Waals surface area contributed by atoms with E-state index in [1.165, 1.54) is 56.5 Å². The number of aliphatic hydroxyl groups is 7. The molecule has 2 aromatic carbocycles. The monoisotopic (exact) mass is 770 g/mol. The molecule has 0 radical (unpaired) electrons. The quantitative estimate of drug-likeness (QED) is 0.0585. The van der Waals surface area contributed by atoms with E-state index in [0.717, 1.165) is 6.08 Å². The minimum atomic E-state index is -1.85. The van der Waals surface area contributed by atoms with Crippen molar-refractivity contribution in [3.63, 3.8) is 0 Å². The first-order valence-corrected chi connectivity index (χ1v) is 17.0. The van der Waals surface area contributed by atoms with Crippen LogP contribution in [0.4, 0.5) is 0 Å². The molecule has 0 saturated carbocycles. The number of hydrogen-bond donors (Lipinski definition) is 10. The number of aromatic hydroxyl groups is 3. The van der Waals surface area contributed by atoms with Gasteiger partial charge in [-0.3, -0.25) is 0 Å². The molecule has 2 aromatic rings. The highest BCUT2D eigenvalue weighted by atomic mass is 16.8. The third-order valence-electron chi connectivity index (χ3n) is 9.17. The zero-order valence-corrected chi connectivity index (χ0v) is 29.2. The number of hydrogen-bond acceptors (Lipinski definition) is 19. The van der Waals surface area contributed by atoms with Crippen molar-refractivity contribution in [3.05, 3.63) is 53.6 Å². The fraction of sp³-hybridized carbons (Fsp3) is 0.571. The largest absolute Gasteiger partial charge is 0.504 e. The molecule has 3 heterocycles. The topological polar surface area (TPSA) is 293 Å². The lowest BCUT2D eigenvalue weighted by molar-refractivity contribution is -0.362. The van der Waals surface area contributed by atoms with Crippen LogP contribution in [0.1, 0.15) is 18.1 Å². The summed E-state index contributed by atoms with van der Waals surface area (Å²) in [7, 11) is 1.34. The lowest BCUT2D eigenvalue weighted by Gasteiger charge is -2.47. The number of ether oxygens (including phenoxy) is 8. The fourth-order valence-corrected chi connectivity index (χ4v) is 6.01. The molecule has 3 fully saturated rings. The van der Waals surface area contributed by atoms with Crippen molar-refractivity contribution in [2.45, 2.75) is 99.4 Å². The SMILES string of the molecule is COc1cc(C=CC(=O)O[C@H]2[C@H](O[C@@H]3O[C@@H](C)[C@H](O)[C@@H](O)[C@@H]3O)[C@@H](O)[C@H](OCCc3ccc(O)c(O)c3)O[C@@H]2CO[C@H]2OC[C@H](O)[C@@H](O)[C@@H]2O)ccc1O. The van der Waals surface area contributed by atoms with Crippen LogP contribution in [0.3, 0.4) is 0 Å². The van der Waals surface area contributed by atoms with Gasteiger partial charge < -0.3 is 89.0 Å². The highest BCUT2D eigenvalue weighted by Gasteiger charge is 2.53. The van der Waals surface area contributed by atoms with Crippen LogP contribution in [0.2, 0.25) is 0 Å². The molecule has 19 nitrogen and oxygen atoms in total. The minimum absolute atomic E-state index is 0.130. The number of aliphatic hydroxyl groups excluding tert-OH is 7. The zero-order valence-electron chi connectivity index (χ0n) is 29.2. The number of methoxy groups -OCH3 is 1. The van der Waals surface area contributed by atoms with Gasteiger partial charge in [-0.1, -0.05) is 12.1 Å². The highest BCUT2D eigenvalue weighted by molar-refractivity contribution is 5.87. The first kappa shape index (κ1) is 41.5. The van der Waals surface area contributed by atoms with Crippen LogP contribution >= 0.6 is 0 Å². The van der Waals surface area contributed by atoms with E-state index in [0.29, 0.717) is 11.1 Å². The molecule has 3 aliphatic rings. The zero-order chi connectivity index (χ0) is 39.3. The van der Waals surface area contributed by atoms with Gasteiger partial charge in [-0.25, -0.2) is 4.79 Å². The van der Waals surface area contributed by atoms with Crippen molar-refractivity contribution < 1.29 is 93.8 Å². The number of carbonyl (C=O) groups is 1. The summed E-state index contributed by atoms with van der Waals surface area (Å²) in [5.74, 6) is -1.72. The molecular formula is C35H46O19. The highest BCUT2D eigenvalue weighted by Crippen LogP contribution is 2.33. The van der Waals surface area contributed by atoms with E-state index in [4.69, 9.17) is 37.9 Å². The smallest absolute Gasteiger partial charge is 0.331 e. The van der Waals surface area contributed by atoms with Crippen LogP contribution in [0, 0.1) is 0 Å². The van der Waals surface area contributed by atoms with E-state index in [9.17, 15) is 55.9 Å². The van der Waals surface area contributed by atoms with E-state index in [1.54, 1.807) is 0 Å². The van der Waals surface area contributed by atoms with Crippen molar-refractivity contribution in [2.75, 3.05) is 26.9 Å². The molecule has 54 heavy (non-hydrogen) atoms. The normalized spacial score (nSPS) is 35.9. The molecule has 0 spiro atoms. The third-order valence-corrected chi connectivity index (χ3v) is 9.17. The van der Waals surface area contributed by atoms with Crippen molar-refractivity contribution in [1.82, 2.24) is 0 Å². The van der Waals surface area contributed by atoms with Crippen LogP contribution in [0.15, 0.2) is 42.5 Å². The Hall–Kier alpha value is -3.67. The van der Waals surface area contributed by atoms with Gasteiger partial charge in [0, 0.05) is 6.08 Å². The van der Waals surface area contributed by atoms with Gasteiger partial charge in [-0.15, -0.1) is 0 Å². The summed E-state index contributed by atoms with van der Waals surface area (Å²) < 4.78 is 45.4. The predicted octanol–water partition coefficient (Wildman–Crippen LogP) is -2.25. The second-order valence-electron chi connectivity index (χ2n) is 13.0. The van der Waals surface area contributed by atoms with Crippen LogP contribution in [-0.2, 0) is 44.4 Å². The van der Waals surface area contributed by atoms with Crippen molar-refractivity contribution >= 4 is 12.0 Å². The second kappa shape index (κ2) is 18.3. The number of esters is 1. The maximum absolute atomic E-state index is 13.3. The van der Waals surface area contributed by atoms with Crippen LogP contribution in [0.25, 0.3) is 6.08 Å². The number of rotatable bonds is 13. The van der Waals surface area contributed by atoms with Gasteiger partial charge in [0.1, 0.15) is 54.9 Å². The maximum Gasteiger partial charge on any atom is 0.331 e. The van der Waals surface area contributed by atoms with Crippen molar-refractivity contribution in [2.24, 2.45) is 0 Å². The van der Waals surface area contributed by atoms with Gasteiger partial charge >= 0.3 is 5.97 Å². The molecule has 0 aliphatic carbocycles. The fourth-order valence-electron chi connectivity index (χ4n) is 6.01. The molecule has 10 N–H and O–H groups in total. The van der Waals surface area contributed by atoms with E-state index in [2.05, 4.69) is 0 Å². The summed E-state index contributed by atoms with van der Waals surface area (Å²) in [5.41, 5.74) is 0.964. The number of phenolic OH excluding ortho intramolecular Hbond substituents is 3. The van der Waals surface area contributed by atoms with Crippen LogP contribution in [0.5, 0.6) is 23.0 Å². The molecule has 0 aromatic heterocycles. The number of carbonyl (C=O) groups excluding carboxylic acids is 1. The Labute approximate surface area is 308 Å². The number of phenols is 3. The molecular weight excluding hydrogens is 724 g/mol. The second-order valence-corrected chi connectivity index (χ2v) is 13.0. The Balaban J connectivity index is 1.42. The molecule has 0 unspecified atom stereocenters. The molecule has 3 aliphatic heterocycles. The van der Waals surface area contributed by atoms with Gasteiger partial charge in [-0.05, 0) is 54.8 Å². The van der Waals surface area contributed by atoms with Gasteiger partial charge in [-0.2, -0.15) is 0 Å². The van der Waals surface area contributed by atoms with Crippen LogP contribution < -0.4 is 4.74 Å². The first-order valence-electron chi connectivity index (χ1n) is 17.0. The molecule has 14 atom stereocenters. The van der Waals surface area contributed by atoms with Gasteiger partial charge in [0.15, 0.2) is 48.0 Å². The third kappa shape index (κ3) is 9.76. The van der Waals surface area contributed by atoms with E-state index < -0.39 is 105 Å². The molecule has 0 bridgehead atoms. The lowest BCUT2D eigenvalue weighted by atomic mass is 9.96. The summed E-state index contributed by atoms with van der Waals surface area (Å²) in [6.45, 7) is 0.285. The van der Waals surface area contributed by atoms with E-state index in [-0.39, 0.29) is 36.0 Å². The molecule has 3 saturated heterocycles.